The number of carbonyl (C=O) groups is 2. The summed E-state index contributed by atoms with van der Waals surface area (Å²) in [6.45, 7) is 3.62. The standard InChI is InChI=1S/C28H56NO8P/c1-3-5-7-9-11-12-13-14-15-17-18-20-27(30)34-24-26(25-36-38(32,33)35-23-22-29)37-28(31)21-19-16-10-8-6-4-2/h26H,3-25,29H2,1-2H3,(H,32,33)/t26-/m1/s1. The van der Waals surface area contributed by atoms with Gasteiger partial charge in [0, 0.05) is 19.4 Å². The van der Waals surface area contributed by atoms with Gasteiger partial charge in [-0.2, -0.15) is 0 Å². The Morgan fingerprint density at radius 2 is 1.13 bits per heavy atom. The Balaban J connectivity index is 4.28. The molecule has 0 aromatic rings. The molecule has 0 aliphatic heterocycles. The van der Waals surface area contributed by atoms with Crippen LogP contribution in [0.4, 0.5) is 0 Å². The van der Waals surface area contributed by atoms with Gasteiger partial charge in [-0.15, -0.1) is 0 Å². The molecular weight excluding hydrogens is 509 g/mol. The third-order valence-corrected chi connectivity index (χ3v) is 7.23. The minimum Gasteiger partial charge on any atom is -0.462 e. The van der Waals surface area contributed by atoms with Crippen LogP contribution in [-0.2, 0) is 32.7 Å². The summed E-state index contributed by atoms with van der Waals surface area (Å²) in [5.41, 5.74) is 5.28. The lowest BCUT2D eigenvalue weighted by Gasteiger charge is -2.19. The molecule has 1 unspecified atom stereocenters. The molecule has 0 amide bonds. The van der Waals surface area contributed by atoms with Gasteiger partial charge in [-0.1, -0.05) is 110 Å². The van der Waals surface area contributed by atoms with Crippen molar-refractivity contribution in [3.8, 4) is 0 Å². The summed E-state index contributed by atoms with van der Waals surface area (Å²) in [6.07, 6.45) is 18.8. The van der Waals surface area contributed by atoms with E-state index in [4.69, 9.17) is 24.3 Å². The number of phosphoric acid groups is 1. The Kier molecular flexibility index (Phi) is 25.6. The van der Waals surface area contributed by atoms with Gasteiger partial charge in [-0.25, -0.2) is 4.57 Å². The van der Waals surface area contributed by atoms with Crippen LogP contribution in [0.3, 0.4) is 0 Å². The second-order valence-corrected chi connectivity index (χ2v) is 11.4. The SMILES string of the molecule is CCCCCCCCCCCCCC(=O)OC[C@H](COP(=O)(O)OCCN)OC(=O)CCCCCCCC. The van der Waals surface area contributed by atoms with Crippen molar-refractivity contribution in [1.29, 1.82) is 0 Å². The molecule has 0 fully saturated rings. The van der Waals surface area contributed by atoms with Crippen LogP contribution in [0.2, 0.25) is 0 Å². The number of carbonyl (C=O) groups excluding carboxylic acids is 2. The fourth-order valence-electron chi connectivity index (χ4n) is 3.98. The summed E-state index contributed by atoms with van der Waals surface area (Å²) in [5, 5.41) is 0. The Labute approximate surface area is 231 Å². The van der Waals surface area contributed by atoms with Gasteiger partial charge in [0.25, 0.3) is 0 Å². The average molecular weight is 566 g/mol. The van der Waals surface area contributed by atoms with Crippen LogP contribution in [0.1, 0.15) is 136 Å². The Hall–Kier alpha value is -0.990. The van der Waals surface area contributed by atoms with Crippen molar-refractivity contribution in [3.05, 3.63) is 0 Å². The van der Waals surface area contributed by atoms with Crippen LogP contribution in [0.25, 0.3) is 0 Å². The summed E-state index contributed by atoms with van der Waals surface area (Å²) in [5.74, 6) is -0.837. The first-order valence-corrected chi connectivity index (χ1v) is 16.5. The highest BCUT2D eigenvalue weighted by molar-refractivity contribution is 7.47. The molecule has 0 saturated carbocycles. The van der Waals surface area contributed by atoms with Crippen LogP contribution < -0.4 is 5.73 Å². The van der Waals surface area contributed by atoms with Gasteiger partial charge in [-0.05, 0) is 12.8 Å². The van der Waals surface area contributed by atoms with Crippen LogP contribution in [0.15, 0.2) is 0 Å². The highest BCUT2D eigenvalue weighted by Gasteiger charge is 2.25. The molecule has 226 valence electrons. The van der Waals surface area contributed by atoms with Crippen LogP contribution >= 0.6 is 7.82 Å². The maximum atomic E-state index is 12.3. The number of hydrogen-bond donors (Lipinski definition) is 2. The van der Waals surface area contributed by atoms with Crippen molar-refractivity contribution in [2.75, 3.05) is 26.4 Å². The molecule has 38 heavy (non-hydrogen) atoms. The molecule has 0 bridgehead atoms. The topological polar surface area (TPSA) is 134 Å². The van der Waals surface area contributed by atoms with Crippen molar-refractivity contribution >= 4 is 19.8 Å². The van der Waals surface area contributed by atoms with Crippen LogP contribution in [-0.4, -0.2) is 49.3 Å². The minimum absolute atomic E-state index is 0.0568. The van der Waals surface area contributed by atoms with Gasteiger partial charge >= 0.3 is 19.8 Å². The molecular formula is C28H56NO8P. The zero-order chi connectivity index (χ0) is 28.3. The van der Waals surface area contributed by atoms with Gasteiger partial charge in [-0.3, -0.25) is 18.6 Å². The molecule has 0 heterocycles. The van der Waals surface area contributed by atoms with Gasteiger partial charge < -0.3 is 20.1 Å². The van der Waals surface area contributed by atoms with E-state index in [0.717, 1.165) is 44.9 Å². The summed E-state index contributed by atoms with van der Waals surface area (Å²) < 4.78 is 32.2. The average Bonchev–Trinajstić information content (AvgIpc) is 2.89. The van der Waals surface area contributed by atoms with E-state index < -0.39 is 26.5 Å². The lowest BCUT2D eigenvalue weighted by molar-refractivity contribution is -0.161. The molecule has 0 spiro atoms. The normalized spacial score (nSPS) is 13.7. The predicted molar refractivity (Wildman–Crippen MR) is 151 cm³/mol. The maximum Gasteiger partial charge on any atom is 0.472 e. The molecule has 0 aliphatic carbocycles. The Bertz CT molecular complexity index is 620. The van der Waals surface area contributed by atoms with E-state index in [0.29, 0.717) is 6.42 Å². The molecule has 3 N–H and O–H groups in total. The molecule has 9 nitrogen and oxygen atoms in total. The van der Waals surface area contributed by atoms with Crippen molar-refractivity contribution in [2.45, 2.75) is 142 Å². The number of nitrogens with two attached hydrogens (primary N) is 1. The molecule has 2 atom stereocenters. The van der Waals surface area contributed by atoms with E-state index in [1.54, 1.807) is 0 Å². The van der Waals surface area contributed by atoms with Gasteiger partial charge in [0.15, 0.2) is 6.10 Å². The van der Waals surface area contributed by atoms with E-state index in [1.807, 2.05) is 0 Å². The highest BCUT2D eigenvalue weighted by atomic mass is 31.2. The molecule has 0 aliphatic rings. The first-order valence-electron chi connectivity index (χ1n) is 15.0. The number of rotatable bonds is 28. The van der Waals surface area contributed by atoms with Gasteiger partial charge in [0.1, 0.15) is 6.61 Å². The Morgan fingerprint density at radius 3 is 1.61 bits per heavy atom. The fourth-order valence-corrected chi connectivity index (χ4v) is 4.75. The zero-order valence-electron chi connectivity index (χ0n) is 24.2. The third kappa shape index (κ3) is 25.3. The highest BCUT2D eigenvalue weighted by Crippen LogP contribution is 2.43. The van der Waals surface area contributed by atoms with Crippen LogP contribution in [0, 0.1) is 0 Å². The summed E-state index contributed by atoms with van der Waals surface area (Å²) in [4.78, 5) is 34.2. The number of phosphoric ester groups is 1. The van der Waals surface area contributed by atoms with E-state index in [2.05, 4.69) is 13.8 Å². The van der Waals surface area contributed by atoms with E-state index >= 15 is 0 Å². The number of ether oxygens (including phenoxy) is 2. The van der Waals surface area contributed by atoms with Crippen molar-refractivity contribution in [3.63, 3.8) is 0 Å². The van der Waals surface area contributed by atoms with Gasteiger partial charge in [0.2, 0.25) is 0 Å². The zero-order valence-corrected chi connectivity index (χ0v) is 25.1. The molecule has 0 radical (unpaired) electrons. The van der Waals surface area contributed by atoms with Crippen LogP contribution in [0.5, 0.6) is 0 Å². The summed E-state index contributed by atoms with van der Waals surface area (Å²) >= 11 is 0. The number of esters is 2. The molecule has 10 heteroatoms. The number of hydrogen-bond acceptors (Lipinski definition) is 8. The lowest BCUT2D eigenvalue weighted by atomic mass is 10.1. The monoisotopic (exact) mass is 565 g/mol. The van der Waals surface area contributed by atoms with E-state index in [1.165, 1.54) is 57.8 Å². The second kappa shape index (κ2) is 26.2. The fraction of sp³-hybridized carbons (Fsp3) is 0.929. The molecule has 0 aromatic carbocycles. The summed E-state index contributed by atoms with van der Waals surface area (Å²) in [7, 11) is -4.34. The number of unbranched alkanes of at least 4 members (excludes halogenated alkanes) is 15. The lowest BCUT2D eigenvalue weighted by Crippen LogP contribution is -2.29. The van der Waals surface area contributed by atoms with E-state index in [9.17, 15) is 19.0 Å². The third-order valence-electron chi connectivity index (χ3n) is 6.24. The molecule has 0 aromatic heterocycles. The van der Waals surface area contributed by atoms with Gasteiger partial charge in [0.05, 0.1) is 13.2 Å². The summed E-state index contributed by atoms with van der Waals surface area (Å²) in [6, 6.07) is 0. The van der Waals surface area contributed by atoms with E-state index in [-0.39, 0.29) is 38.6 Å². The van der Waals surface area contributed by atoms with Crippen molar-refractivity contribution in [1.82, 2.24) is 0 Å². The predicted octanol–water partition coefficient (Wildman–Crippen LogP) is 6.99. The second-order valence-electron chi connectivity index (χ2n) is 9.98. The minimum atomic E-state index is -4.34. The van der Waals surface area contributed by atoms with Crippen molar-refractivity contribution in [2.24, 2.45) is 5.73 Å². The molecule has 0 rings (SSSR count). The maximum absolute atomic E-state index is 12.3. The molecule has 0 saturated heterocycles. The quantitative estimate of drug-likeness (QED) is 0.0585. The first-order chi connectivity index (χ1) is 18.3. The Morgan fingerprint density at radius 1 is 0.684 bits per heavy atom. The largest absolute Gasteiger partial charge is 0.472 e. The smallest absolute Gasteiger partial charge is 0.462 e. The van der Waals surface area contributed by atoms with Crippen molar-refractivity contribution < 1.29 is 37.6 Å². The first kappa shape index (κ1) is 37.0.